The Morgan fingerprint density at radius 3 is 1.80 bits per heavy atom. The summed E-state index contributed by atoms with van der Waals surface area (Å²) in [7, 11) is -3.23. The van der Waals surface area contributed by atoms with Crippen LogP contribution in [0.3, 0.4) is 0 Å². The first-order chi connectivity index (χ1) is 14.6. The van der Waals surface area contributed by atoms with E-state index < -0.39 is 12.8 Å². The number of carbonyl (C=O) groups is 2. The molecule has 1 heterocycles. The molecule has 5 heteroatoms. The van der Waals surface area contributed by atoms with Crippen LogP contribution in [0.2, 0.25) is 0 Å². The molecule has 4 nitrogen and oxygen atoms in total. The highest BCUT2D eigenvalue weighted by molar-refractivity contribution is 7.79. The van der Waals surface area contributed by atoms with E-state index in [9.17, 15) is 14.2 Å². The third kappa shape index (κ3) is 3.88. The van der Waals surface area contributed by atoms with E-state index in [-0.39, 0.29) is 18.2 Å². The van der Waals surface area contributed by atoms with Crippen molar-refractivity contribution in [3.8, 4) is 0 Å². The highest BCUT2D eigenvalue weighted by Crippen LogP contribution is 2.58. The second-order valence-electron chi connectivity index (χ2n) is 7.50. The van der Waals surface area contributed by atoms with E-state index in [0.29, 0.717) is 30.0 Å². The van der Waals surface area contributed by atoms with Crippen LogP contribution in [0.5, 0.6) is 0 Å². The van der Waals surface area contributed by atoms with E-state index in [2.05, 4.69) is 0 Å². The number of rotatable bonds is 6. The molecule has 1 aliphatic heterocycles. The highest BCUT2D eigenvalue weighted by Gasteiger charge is 2.40. The fraction of sp³-hybridized carbons (Fsp3) is 0.200. The normalized spacial score (nSPS) is 15.2. The van der Waals surface area contributed by atoms with Crippen molar-refractivity contribution in [2.45, 2.75) is 24.9 Å². The van der Waals surface area contributed by atoms with Crippen LogP contribution in [0, 0.1) is 0 Å². The summed E-state index contributed by atoms with van der Waals surface area (Å²) in [5.74, 6) is -0.389. The highest BCUT2D eigenvalue weighted by atomic mass is 31.2. The Labute approximate surface area is 176 Å². The van der Waals surface area contributed by atoms with Gasteiger partial charge in [0.2, 0.25) is 11.8 Å². The Bertz CT molecular complexity index is 1020. The summed E-state index contributed by atoms with van der Waals surface area (Å²) in [5.41, 5.74) is 0.290. The summed E-state index contributed by atoms with van der Waals surface area (Å²) in [6, 6.07) is 28.3. The molecule has 0 radical (unpaired) electrons. The Balaban J connectivity index is 1.85. The maximum Gasteiger partial charge on any atom is 0.230 e. The number of imide groups is 1. The molecule has 0 bridgehead atoms. The molecule has 0 saturated carbocycles. The number of carbonyl (C=O) groups excluding carboxylic acids is 2. The first-order valence-electron chi connectivity index (χ1n) is 10.2. The molecule has 0 spiro atoms. The molecule has 0 N–H and O–H groups in total. The maximum atomic E-state index is 14.9. The summed E-state index contributed by atoms with van der Waals surface area (Å²) in [6.07, 6.45) is 1.11. The van der Waals surface area contributed by atoms with Crippen molar-refractivity contribution in [1.82, 2.24) is 4.90 Å². The molecule has 2 amide bonds. The smallest absolute Gasteiger partial charge is 0.230 e. The Morgan fingerprint density at radius 1 is 0.833 bits per heavy atom. The molecule has 0 aliphatic carbocycles. The van der Waals surface area contributed by atoms with Gasteiger partial charge < -0.3 is 4.57 Å². The third-order valence-electron chi connectivity index (χ3n) is 5.65. The van der Waals surface area contributed by atoms with Crippen molar-refractivity contribution < 1.29 is 14.2 Å². The van der Waals surface area contributed by atoms with Gasteiger partial charge in [-0.3, -0.25) is 14.5 Å². The van der Waals surface area contributed by atoms with Crippen LogP contribution in [0.4, 0.5) is 0 Å². The van der Waals surface area contributed by atoms with Crippen LogP contribution in [-0.4, -0.2) is 23.3 Å². The van der Waals surface area contributed by atoms with Gasteiger partial charge in [-0.1, -0.05) is 91.0 Å². The predicted octanol–water partition coefficient (Wildman–Crippen LogP) is 4.28. The summed E-state index contributed by atoms with van der Waals surface area (Å²) >= 11 is 0. The largest absolute Gasteiger partial charge is 0.313 e. The van der Waals surface area contributed by atoms with Gasteiger partial charge in [0.25, 0.3) is 0 Å². The minimum Gasteiger partial charge on any atom is -0.313 e. The fourth-order valence-electron chi connectivity index (χ4n) is 4.13. The monoisotopic (exact) mass is 417 g/mol. The van der Waals surface area contributed by atoms with Gasteiger partial charge in [0.15, 0.2) is 7.14 Å². The van der Waals surface area contributed by atoms with Crippen molar-refractivity contribution in [1.29, 1.82) is 0 Å². The average Bonchev–Trinajstić information content (AvgIpc) is 3.24. The Kier molecular flexibility index (Phi) is 5.96. The van der Waals surface area contributed by atoms with Crippen molar-refractivity contribution >= 4 is 29.6 Å². The quantitative estimate of drug-likeness (QED) is 0.563. The van der Waals surface area contributed by atoms with Gasteiger partial charge >= 0.3 is 0 Å². The van der Waals surface area contributed by atoms with Crippen molar-refractivity contribution in [3.63, 3.8) is 0 Å². The standard InChI is InChI=1S/C25H24NO3P/c27-24-17-10-18-26(24)25(28)19-23(20-11-4-1-5-12-20)30(29,21-13-6-2-7-14-21)22-15-8-3-9-16-22/h1-9,11-16,23H,10,17-19H2. The minimum atomic E-state index is -3.23. The average molecular weight is 417 g/mol. The van der Waals surface area contributed by atoms with E-state index in [1.807, 2.05) is 91.0 Å². The van der Waals surface area contributed by atoms with E-state index in [1.54, 1.807) is 0 Å². The maximum absolute atomic E-state index is 14.9. The zero-order chi connectivity index (χ0) is 21.0. The number of hydrogen-bond acceptors (Lipinski definition) is 3. The molecule has 1 atom stereocenters. The number of nitrogens with zero attached hydrogens (tertiary/aromatic N) is 1. The van der Waals surface area contributed by atoms with E-state index in [4.69, 9.17) is 0 Å². The molecule has 0 aromatic heterocycles. The number of hydrogen-bond donors (Lipinski definition) is 0. The lowest BCUT2D eigenvalue weighted by Gasteiger charge is -2.30. The van der Waals surface area contributed by atoms with E-state index >= 15 is 0 Å². The lowest BCUT2D eigenvalue weighted by molar-refractivity contribution is -0.141. The number of likely N-dealkylation sites (tertiary alicyclic amines) is 1. The summed E-state index contributed by atoms with van der Waals surface area (Å²) in [5, 5.41) is 1.43. The second kappa shape index (κ2) is 8.81. The molecule has 3 aromatic rings. The lowest BCUT2D eigenvalue weighted by Crippen LogP contribution is -2.34. The third-order valence-corrected chi connectivity index (χ3v) is 9.13. The van der Waals surface area contributed by atoms with Gasteiger partial charge in [0.05, 0.1) is 5.66 Å². The molecule has 30 heavy (non-hydrogen) atoms. The van der Waals surface area contributed by atoms with Gasteiger partial charge in [-0.2, -0.15) is 0 Å². The van der Waals surface area contributed by atoms with Crippen LogP contribution in [0.25, 0.3) is 0 Å². The molecule has 1 saturated heterocycles. The molecular formula is C25H24NO3P. The van der Waals surface area contributed by atoms with E-state index in [1.165, 1.54) is 4.90 Å². The van der Waals surface area contributed by atoms with Crippen LogP contribution in [0.15, 0.2) is 91.0 Å². The molecule has 3 aromatic carbocycles. The first kappa shape index (κ1) is 20.3. The van der Waals surface area contributed by atoms with Crippen molar-refractivity contribution in [2.24, 2.45) is 0 Å². The molecule has 4 rings (SSSR count). The fourth-order valence-corrected chi connectivity index (χ4v) is 7.38. The van der Waals surface area contributed by atoms with Crippen LogP contribution in [-0.2, 0) is 14.2 Å². The molecule has 1 fully saturated rings. The Morgan fingerprint density at radius 2 is 1.33 bits per heavy atom. The zero-order valence-corrected chi connectivity index (χ0v) is 17.6. The number of benzene rings is 3. The molecule has 1 aliphatic rings. The second-order valence-corrected chi connectivity index (χ2v) is 10.5. The van der Waals surface area contributed by atoms with Gasteiger partial charge in [-0.15, -0.1) is 0 Å². The lowest BCUT2D eigenvalue weighted by atomic mass is 10.1. The molecule has 1 unspecified atom stereocenters. The van der Waals surface area contributed by atoms with Crippen LogP contribution >= 0.6 is 7.14 Å². The van der Waals surface area contributed by atoms with Gasteiger partial charge in [-0.25, -0.2) is 0 Å². The Hall–Kier alpha value is -2.97. The van der Waals surface area contributed by atoms with Crippen LogP contribution in [0.1, 0.15) is 30.5 Å². The SMILES string of the molecule is O=C1CCCN1C(=O)CC(c1ccccc1)P(=O)(c1ccccc1)c1ccccc1. The summed E-state index contributed by atoms with van der Waals surface area (Å²) in [4.78, 5) is 26.6. The van der Waals surface area contributed by atoms with Gasteiger partial charge in [-0.05, 0) is 12.0 Å². The minimum absolute atomic E-state index is 0.0246. The molecule has 152 valence electrons. The van der Waals surface area contributed by atoms with Gasteiger partial charge in [0, 0.05) is 30.0 Å². The predicted molar refractivity (Wildman–Crippen MR) is 120 cm³/mol. The summed E-state index contributed by atoms with van der Waals surface area (Å²) < 4.78 is 14.9. The number of amides is 2. The molecular weight excluding hydrogens is 393 g/mol. The van der Waals surface area contributed by atoms with Crippen molar-refractivity contribution in [2.75, 3.05) is 6.54 Å². The topological polar surface area (TPSA) is 54.5 Å². The first-order valence-corrected chi connectivity index (χ1v) is 12.0. The van der Waals surface area contributed by atoms with Gasteiger partial charge in [0.1, 0.15) is 0 Å². The summed E-state index contributed by atoms with van der Waals surface area (Å²) in [6.45, 7) is 0.445. The van der Waals surface area contributed by atoms with E-state index in [0.717, 1.165) is 5.56 Å². The van der Waals surface area contributed by atoms with Crippen molar-refractivity contribution in [3.05, 3.63) is 96.6 Å². The zero-order valence-electron chi connectivity index (χ0n) is 16.7. The van der Waals surface area contributed by atoms with Crippen LogP contribution < -0.4 is 10.6 Å².